The number of amides is 1. The van der Waals surface area contributed by atoms with Crippen LogP contribution in [-0.4, -0.2) is 26.9 Å². The number of halogens is 1. The fourth-order valence-electron chi connectivity index (χ4n) is 2.92. The highest BCUT2D eigenvalue weighted by molar-refractivity contribution is 5.99. The van der Waals surface area contributed by atoms with Crippen LogP contribution in [-0.2, 0) is 0 Å². The van der Waals surface area contributed by atoms with Crippen LogP contribution in [0.25, 0.3) is 10.9 Å². The maximum atomic E-state index is 14.3. The molecule has 0 fully saturated rings. The molecule has 4 N–H and O–H groups in total. The Morgan fingerprint density at radius 2 is 2.03 bits per heavy atom. The van der Waals surface area contributed by atoms with Gasteiger partial charge in [0.15, 0.2) is 0 Å². The van der Waals surface area contributed by atoms with Crippen LogP contribution in [0.5, 0.6) is 0 Å². The highest BCUT2D eigenvalue weighted by Gasteiger charge is 2.22. The maximum absolute atomic E-state index is 14.3. The molecule has 3 aromatic rings. The first kappa shape index (κ1) is 19.9. The lowest BCUT2D eigenvalue weighted by Gasteiger charge is -2.19. The third-order valence-electron chi connectivity index (χ3n) is 4.24. The Labute approximate surface area is 167 Å². The number of nitriles is 1. The second-order valence-corrected chi connectivity index (χ2v) is 6.82. The SMILES string of the molecule is CC(C)NC(=O)c1cc2cccc(F)c2nc1[C@@H](C)Nc1ncnc(N)c1C#N. The number of hydrogen-bond donors (Lipinski definition) is 3. The summed E-state index contributed by atoms with van der Waals surface area (Å²) in [5.74, 6) is -0.577. The second-order valence-electron chi connectivity index (χ2n) is 6.82. The summed E-state index contributed by atoms with van der Waals surface area (Å²) < 4.78 is 14.3. The number of para-hydroxylation sites is 1. The third kappa shape index (κ3) is 4.06. The van der Waals surface area contributed by atoms with Crippen LogP contribution in [0.15, 0.2) is 30.6 Å². The molecule has 0 spiro atoms. The molecule has 3 rings (SSSR count). The van der Waals surface area contributed by atoms with Gasteiger partial charge in [-0.2, -0.15) is 5.26 Å². The van der Waals surface area contributed by atoms with Gasteiger partial charge in [-0.1, -0.05) is 12.1 Å². The summed E-state index contributed by atoms with van der Waals surface area (Å²) in [7, 11) is 0. The van der Waals surface area contributed by atoms with Crippen molar-refractivity contribution in [3.63, 3.8) is 0 Å². The molecule has 0 bridgehead atoms. The number of fused-ring (bicyclic) bond motifs is 1. The summed E-state index contributed by atoms with van der Waals surface area (Å²) in [6.45, 7) is 5.42. The summed E-state index contributed by atoms with van der Waals surface area (Å²) >= 11 is 0. The molecular weight excluding hydrogens is 373 g/mol. The van der Waals surface area contributed by atoms with Crippen molar-refractivity contribution in [2.24, 2.45) is 0 Å². The van der Waals surface area contributed by atoms with Gasteiger partial charge < -0.3 is 16.4 Å². The van der Waals surface area contributed by atoms with Crippen molar-refractivity contribution in [3.05, 3.63) is 53.2 Å². The van der Waals surface area contributed by atoms with E-state index in [0.29, 0.717) is 16.6 Å². The van der Waals surface area contributed by atoms with E-state index in [2.05, 4.69) is 25.6 Å². The van der Waals surface area contributed by atoms with Crippen LogP contribution in [0.1, 0.15) is 48.4 Å². The molecule has 0 unspecified atom stereocenters. The molecule has 0 aliphatic rings. The molecule has 148 valence electrons. The number of nitrogen functional groups attached to an aromatic ring is 1. The number of carbonyl (C=O) groups is 1. The lowest BCUT2D eigenvalue weighted by Crippen LogP contribution is -2.32. The Bertz CT molecular complexity index is 1120. The fourth-order valence-corrected chi connectivity index (χ4v) is 2.92. The molecule has 9 heteroatoms. The Morgan fingerprint density at radius 1 is 1.28 bits per heavy atom. The zero-order valence-electron chi connectivity index (χ0n) is 16.2. The number of pyridine rings is 1. The van der Waals surface area contributed by atoms with Crippen LogP contribution in [0.3, 0.4) is 0 Å². The number of rotatable bonds is 5. The lowest BCUT2D eigenvalue weighted by atomic mass is 10.0. The maximum Gasteiger partial charge on any atom is 0.253 e. The number of nitrogens with two attached hydrogens (primary N) is 1. The van der Waals surface area contributed by atoms with E-state index in [1.807, 2.05) is 19.9 Å². The van der Waals surface area contributed by atoms with Crippen molar-refractivity contribution in [2.75, 3.05) is 11.1 Å². The number of nitrogens with one attached hydrogen (secondary N) is 2. The summed E-state index contributed by atoms with van der Waals surface area (Å²) in [5, 5.41) is 15.7. The first-order valence-electron chi connectivity index (χ1n) is 8.99. The van der Waals surface area contributed by atoms with Gasteiger partial charge in [-0.25, -0.2) is 19.3 Å². The van der Waals surface area contributed by atoms with Crippen molar-refractivity contribution in [3.8, 4) is 6.07 Å². The first-order valence-corrected chi connectivity index (χ1v) is 8.99. The zero-order chi connectivity index (χ0) is 21.1. The molecule has 0 aliphatic carbocycles. The van der Waals surface area contributed by atoms with Gasteiger partial charge in [0, 0.05) is 11.4 Å². The molecule has 0 saturated heterocycles. The van der Waals surface area contributed by atoms with Crippen molar-refractivity contribution < 1.29 is 9.18 Å². The van der Waals surface area contributed by atoms with Crippen molar-refractivity contribution >= 4 is 28.4 Å². The molecule has 29 heavy (non-hydrogen) atoms. The number of aromatic nitrogens is 3. The fraction of sp³-hybridized carbons (Fsp3) is 0.250. The number of hydrogen-bond acceptors (Lipinski definition) is 7. The van der Waals surface area contributed by atoms with E-state index >= 15 is 0 Å². The minimum atomic E-state index is -0.576. The predicted molar refractivity (Wildman–Crippen MR) is 108 cm³/mol. The Kier molecular flexibility index (Phi) is 5.54. The molecule has 2 aromatic heterocycles. The summed E-state index contributed by atoms with van der Waals surface area (Å²) in [5.41, 5.74) is 6.59. The molecule has 0 radical (unpaired) electrons. The topological polar surface area (TPSA) is 130 Å². The Morgan fingerprint density at radius 3 is 2.72 bits per heavy atom. The largest absolute Gasteiger partial charge is 0.382 e. The average Bonchev–Trinajstić information content (AvgIpc) is 2.67. The Balaban J connectivity index is 2.11. The normalized spacial score (nSPS) is 11.9. The average molecular weight is 393 g/mol. The van der Waals surface area contributed by atoms with Gasteiger partial charge >= 0.3 is 0 Å². The van der Waals surface area contributed by atoms with Crippen LogP contribution < -0.4 is 16.4 Å². The van der Waals surface area contributed by atoms with E-state index in [1.165, 1.54) is 12.4 Å². The van der Waals surface area contributed by atoms with Gasteiger partial charge in [-0.3, -0.25) is 4.79 Å². The van der Waals surface area contributed by atoms with Crippen LogP contribution in [0.2, 0.25) is 0 Å². The smallest absolute Gasteiger partial charge is 0.253 e. The van der Waals surface area contributed by atoms with Crippen molar-refractivity contribution in [2.45, 2.75) is 32.9 Å². The number of anilines is 2. The molecule has 1 atom stereocenters. The molecule has 1 aromatic carbocycles. The van der Waals surface area contributed by atoms with Crippen LogP contribution in [0, 0.1) is 17.1 Å². The minimum Gasteiger partial charge on any atom is -0.382 e. The molecule has 1 amide bonds. The number of nitrogens with zero attached hydrogens (tertiary/aromatic N) is 4. The third-order valence-corrected chi connectivity index (χ3v) is 4.24. The number of benzene rings is 1. The van der Waals surface area contributed by atoms with Crippen LogP contribution >= 0.6 is 0 Å². The monoisotopic (exact) mass is 393 g/mol. The standard InChI is InChI=1S/C20H20FN7O/c1-10(2)26-20(29)13-7-12-5-4-6-15(21)17(12)28-16(13)11(3)27-19-14(8-22)18(23)24-9-25-19/h4-7,9-11H,1-3H3,(H,26,29)(H3,23,24,25,27)/t11-/m1/s1. The van der Waals surface area contributed by atoms with Gasteiger partial charge in [-0.15, -0.1) is 0 Å². The van der Waals surface area contributed by atoms with E-state index in [4.69, 9.17) is 5.73 Å². The number of carbonyl (C=O) groups excluding carboxylic acids is 1. The zero-order valence-corrected chi connectivity index (χ0v) is 16.2. The van der Waals surface area contributed by atoms with E-state index in [1.54, 1.807) is 25.1 Å². The highest BCUT2D eigenvalue weighted by Crippen LogP contribution is 2.27. The van der Waals surface area contributed by atoms with Gasteiger partial charge in [0.2, 0.25) is 0 Å². The lowest BCUT2D eigenvalue weighted by molar-refractivity contribution is 0.0941. The predicted octanol–water partition coefficient (Wildman–Crippen LogP) is 2.93. The molecule has 0 aliphatic heterocycles. The Hall–Kier alpha value is -3.80. The molecular formula is C20H20FN7O. The summed E-state index contributed by atoms with van der Waals surface area (Å²) in [6, 6.07) is 7.46. The highest BCUT2D eigenvalue weighted by atomic mass is 19.1. The molecule has 0 saturated carbocycles. The summed E-state index contributed by atoms with van der Waals surface area (Å²) in [6.07, 6.45) is 1.23. The van der Waals surface area contributed by atoms with Gasteiger partial charge in [0.25, 0.3) is 5.91 Å². The van der Waals surface area contributed by atoms with E-state index in [0.717, 1.165) is 0 Å². The second kappa shape index (κ2) is 8.06. The van der Waals surface area contributed by atoms with Crippen LogP contribution in [0.4, 0.5) is 16.0 Å². The molecule has 8 nitrogen and oxygen atoms in total. The van der Waals surface area contributed by atoms with Gasteiger partial charge in [0.1, 0.15) is 40.9 Å². The van der Waals surface area contributed by atoms with Gasteiger partial charge in [0.05, 0.1) is 17.3 Å². The molecule has 2 heterocycles. The quantitative estimate of drug-likeness (QED) is 0.607. The minimum absolute atomic E-state index is 0.0347. The first-order chi connectivity index (χ1) is 13.8. The van der Waals surface area contributed by atoms with Gasteiger partial charge in [-0.05, 0) is 32.9 Å². The van der Waals surface area contributed by atoms with Crippen molar-refractivity contribution in [1.82, 2.24) is 20.3 Å². The van der Waals surface area contributed by atoms with E-state index < -0.39 is 11.9 Å². The van der Waals surface area contributed by atoms with Crippen molar-refractivity contribution in [1.29, 1.82) is 5.26 Å². The summed E-state index contributed by atoms with van der Waals surface area (Å²) in [4.78, 5) is 25.0. The van der Waals surface area contributed by atoms with E-state index in [-0.39, 0.29) is 34.7 Å². The van der Waals surface area contributed by atoms with E-state index in [9.17, 15) is 14.4 Å².